The first-order chi connectivity index (χ1) is 13.9. The van der Waals surface area contributed by atoms with Gasteiger partial charge in [0.1, 0.15) is 0 Å². The van der Waals surface area contributed by atoms with Crippen LogP contribution in [0.1, 0.15) is 17.0 Å². The molecule has 0 aliphatic carbocycles. The summed E-state index contributed by atoms with van der Waals surface area (Å²) in [5.41, 5.74) is 6.98. The lowest BCUT2D eigenvalue weighted by Gasteiger charge is -2.28. The lowest BCUT2D eigenvalue weighted by atomic mass is 10.1. The van der Waals surface area contributed by atoms with E-state index in [-0.39, 0.29) is 0 Å². The zero-order valence-corrected chi connectivity index (χ0v) is 16.2. The molecule has 6 nitrogen and oxygen atoms in total. The van der Waals surface area contributed by atoms with Crippen LogP contribution in [-0.2, 0) is 11.3 Å². The van der Waals surface area contributed by atoms with Crippen LogP contribution >= 0.6 is 11.8 Å². The molecule has 28 heavy (non-hydrogen) atoms. The number of thioether (sulfide) groups is 1. The van der Waals surface area contributed by atoms with E-state index in [1.807, 2.05) is 16.8 Å². The molecule has 0 bridgehead atoms. The summed E-state index contributed by atoms with van der Waals surface area (Å²) >= 11 is 1.66. The summed E-state index contributed by atoms with van der Waals surface area (Å²) in [6.07, 6.45) is 0. The number of benzene rings is 2. The molecule has 1 fully saturated rings. The van der Waals surface area contributed by atoms with Gasteiger partial charge in [-0.3, -0.25) is 10.3 Å². The largest absolute Gasteiger partial charge is 0.379 e. The van der Waals surface area contributed by atoms with Crippen molar-refractivity contribution in [2.75, 3.05) is 31.7 Å². The molecule has 0 amide bonds. The van der Waals surface area contributed by atoms with E-state index < -0.39 is 0 Å². The number of fused-ring (bicyclic) bond motifs is 1. The van der Waals surface area contributed by atoms with Crippen molar-refractivity contribution in [1.29, 1.82) is 0 Å². The highest BCUT2D eigenvalue weighted by molar-refractivity contribution is 8.08. The van der Waals surface area contributed by atoms with E-state index in [2.05, 4.69) is 69.1 Å². The minimum Gasteiger partial charge on any atom is -0.379 e. The van der Waals surface area contributed by atoms with Crippen LogP contribution in [0.3, 0.4) is 0 Å². The molecule has 1 N–H and O–H groups in total. The van der Waals surface area contributed by atoms with Crippen molar-refractivity contribution in [1.82, 2.24) is 19.8 Å². The van der Waals surface area contributed by atoms with Crippen LogP contribution in [0.25, 0.3) is 10.6 Å². The Balaban J connectivity index is 1.52. The number of aromatic nitrogens is 3. The highest BCUT2D eigenvalue weighted by Crippen LogP contribution is 2.42. The second-order valence-corrected chi connectivity index (χ2v) is 7.75. The minimum atomic E-state index is 0.757. The van der Waals surface area contributed by atoms with Gasteiger partial charge in [0, 0.05) is 23.6 Å². The number of nitrogens with zero attached hydrogens (tertiary/aromatic N) is 4. The summed E-state index contributed by atoms with van der Waals surface area (Å²) in [5, 5.41) is 9.78. The minimum absolute atomic E-state index is 0.757. The molecular weight excluding hydrogens is 370 g/mol. The Hall–Kier alpha value is -2.61. The number of hydrogen-bond donors (Lipinski definition) is 1. The zero-order valence-electron chi connectivity index (χ0n) is 15.4. The third kappa shape index (κ3) is 3.44. The van der Waals surface area contributed by atoms with Crippen molar-refractivity contribution in [2.24, 2.45) is 0 Å². The first kappa shape index (κ1) is 17.5. The van der Waals surface area contributed by atoms with Gasteiger partial charge < -0.3 is 4.74 Å². The van der Waals surface area contributed by atoms with Gasteiger partial charge in [0.25, 0.3) is 0 Å². The summed E-state index contributed by atoms with van der Waals surface area (Å²) in [5.74, 6) is 0.921. The lowest BCUT2D eigenvalue weighted by molar-refractivity contribution is 0.0327. The monoisotopic (exact) mass is 391 g/mol. The standard InChI is InChI=1S/C21H21N5OS/c1-3-7-16(8-4-1)19-20(17-9-5-2-6-10-17)28-21-23-22-18(26(21)24-19)15-25-11-13-27-14-12-25/h1-10,24H,11-15H2. The summed E-state index contributed by atoms with van der Waals surface area (Å²) in [6, 6.07) is 20.9. The van der Waals surface area contributed by atoms with Gasteiger partial charge >= 0.3 is 0 Å². The van der Waals surface area contributed by atoms with Crippen LogP contribution in [-0.4, -0.2) is 46.1 Å². The molecule has 1 aromatic heterocycles. The normalized spacial score (nSPS) is 17.3. The second kappa shape index (κ2) is 7.79. The van der Waals surface area contributed by atoms with Gasteiger partial charge in [-0.05, 0) is 17.3 Å². The number of hydrogen-bond acceptors (Lipinski definition) is 6. The molecule has 3 heterocycles. The number of nitrogens with one attached hydrogen (secondary N) is 1. The Kier molecular flexibility index (Phi) is 4.86. The Morgan fingerprint density at radius 2 is 1.57 bits per heavy atom. The van der Waals surface area contributed by atoms with Gasteiger partial charge in [0.15, 0.2) is 5.82 Å². The lowest BCUT2D eigenvalue weighted by Crippen LogP contribution is -2.37. The molecule has 5 rings (SSSR count). The van der Waals surface area contributed by atoms with Crippen LogP contribution in [0.5, 0.6) is 0 Å². The highest BCUT2D eigenvalue weighted by atomic mass is 32.2. The van der Waals surface area contributed by atoms with Crippen molar-refractivity contribution in [2.45, 2.75) is 11.7 Å². The molecule has 0 spiro atoms. The maximum Gasteiger partial charge on any atom is 0.215 e. The SMILES string of the molecule is c1ccc(C2=C(c3ccccc3)Sc3nnc(CN4CCOCC4)n3N2)cc1. The Morgan fingerprint density at radius 1 is 0.893 bits per heavy atom. The molecule has 2 aliphatic heterocycles. The third-order valence-electron chi connectivity index (χ3n) is 4.91. The molecule has 2 aliphatic rings. The smallest absolute Gasteiger partial charge is 0.215 e. The van der Waals surface area contributed by atoms with Crippen molar-refractivity contribution in [3.63, 3.8) is 0 Å². The van der Waals surface area contributed by atoms with Gasteiger partial charge in [0.05, 0.1) is 25.5 Å². The van der Waals surface area contributed by atoms with Crippen LogP contribution in [0.2, 0.25) is 0 Å². The van der Waals surface area contributed by atoms with Crippen LogP contribution in [0, 0.1) is 0 Å². The molecule has 0 saturated carbocycles. The van der Waals surface area contributed by atoms with Gasteiger partial charge in [-0.2, -0.15) is 0 Å². The molecule has 0 atom stereocenters. The molecule has 3 aromatic rings. The van der Waals surface area contributed by atoms with E-state index in [4.69, 9.17) is 4.74 Å². The quantitative estimate of drug-likeness (QED) is 0.737. The Morgan fingerprint density at radius 3 is 2.29 bits per heavy atom. The Bertz CT molecular complexity index is 981. The van der Waals surface area contributed by atoms with Crippen molar-refractivity contribution in [3.8, 4) is 0 Å². The van der Waals surface area contributed by atoms with E-state index in [0.29, 0.717) is 0 Å². The first-order valence-electron chi connectivity index (χ1n) is 9.43. The fraction of sp³-hybridized carbons (Fsp3) is 0.238. The third-order valence-corrected chi connectivity index (χ3v) is 6.00. The van der Waals surface area contributed by atoms with E-state index in [9.17, 15) is 0 Å². The molecule has 0 radical (unpaired) electrons. The summed E-state index contributed by atoms with van der Waals surface area (Å²) in [7, 11) is 0. The van der Waals surface area contributed by atoms with Gasteiger partial charge in [0.2, 0.25) is 5.16 Å². The Labute approximate surface area is 168 Å². The molecular formula is C21H21N5OS. The average Bonchev–Trinajstić information content (AvgIpc) is 3.16. The molecule has 1 saturated heterocycles. The maximum atomic E-state index is 5.46. The predicted molar refractivity (Wildman–Crippen MR) is 111 cm³/mol. The predicted octanol–water partition coefficient (Wildman–Crippen LogP) is 3.29. The second-order valence-electron chi connectivity index (χ2n) is 6.77. The molecule has 0 unspecified atom stereocenters. The van der Waals surface area contributed by atoms with Crippen LogP contribution in [0.4, 0.5) is 0 Å². The number of ether oxygens (including phenoxy) is 1. The van der Waals surface area contributed by atoms with Crippen LogP contribution < -0.4 is 5.43 Å². The topological polar surface area (TPSA) is 55.2 Å². The van der Waals surface area contributed by atoms with Gasteiger partial charge in [-0.15, -0.1) is 10.2 Å². The zero-order chi connectivity index (χ0) is 18.8. The van der Waals surface area contributed by atoms with Crippen molar-refractivity contribution >= 4 is 22.4 Å². The van der Waals surface area contributed by atoms with Crippen molar-refractivity contribution < 1.29 is 4.74 Å². The fourth-order valence-corrected chi connectivity index (χ4v) is 4.46. The van der Waals surface area contributed by atoms with E-state index in [1.54, 1.807) is 11.8 Å². The molecule has 7 heteroatoms. The van der Waals surface area contributed by atoms with Gasteiger partial charge in [-0.25, -0.2) is 4.68 Å². The fourth-order valence-electron chi connectivity index (χ4n) is 3.44. The van der Waals surface area contributed by atoms with Gasteiger partial charge in [-0.1, -0.05) is 60.7 Å². The van der Waals surface area contributed by atoms with Crippen LogP contribution in [0.15, 0.2) is 65.8 Å². The first-order valence-corrected chi connectivity index (χ1v) is 10.2. The number of rotatable bonds is 4. The van der Waals surface area contributed by atoms with E-state index >= 15 is 0 Å². The maximum absolute atomic E-state index is 5.46. The average molecular weight is 392 g/mol. The summed E-state index contributed by atoms with van der Waals surface area (Å²) in [6.45, 7) is 4.15. The highest BCUT2D eigenvalue weighted by Gasteiger charge is 2.26. The van der Waals surface area contributed by atoms with Crippen molar-refractivity contribution in [3.05, 3.63) is 77.6 Å². The summed E-state index contributed by atoms with van der Waals surface area (Å²) < 4.78 is 7.48. The van der Waals surface area contributed by atoms with E-state index in [1.165, 1.54) is 5.56 Å². The molecule has 2 aromatic carbocycles. The summed E-state index contributed by atoms with van der Waals surface area (Å²) in [4.78, 5) is 3.51. The van der Waals surface area contributed by atoms with E-state index in [0.717, 1.165) is 60.0 Å². The number of morpholine rings is 1. The molecule has 142 valence electrons.